The van der Waals surface area contributed by atoms with Crippen molar-refractivity contribution in [1.29, 1.82) is 0 Å². The minimum absolute atomic E-state index is 0.0560. The third-order valence-corrected chi connectivity index (χ3v) is 3.60. The molecule has 2 heterocycles. The van der Waals surface area contributed by atoms with E-state index in [1.165, 1.54) is 0 Å². The van der Waals surface area contributed by atoms with Crippen molar-refractivity contribution in [3.63, 3.8) is 0 Å². The summed E-state index contributed by atoms with van der Waals surface area (Å²) in [7, 11) is 1.90. The molecule has 2 rings (SSSR count). The second-order valence-corrected chi connectivity index (χ2v) is 4.38. The van der Waals surface area contributed by atoms with Crippen LogP contribution >= 0.6 is 0 Å². The first kappa shape index (κ1) is 12.5. The Labute approximate surface area is 93.4 Å². The summed E-state index contributed by atoms with van der Waals surface area (Å²) in [5.74, 6) is 0.378. The Morgan fingerprint density at radius 3 is 2.13 bits per heavy atom. The molecule has 15 heavy (non-hydrogen) atoms. The monoisotopic (exact) mass is 212 g/mol. The van der Waals surface area contributed by atoms with Crippen molar-refractivity contribution in [3.05, 3.63) is 0 Å². The molecule has 0 radical (unpaired) electrons. The maximum atomic E-state index is 11.6. The van der Waals surface area contributed by atoms with Gasteiger partial charge < -0.3 is 9.80 Å². The molecule has 2 fully saturated rings. The van der Waals surface area contributed by atoms with Gasteiger partial charge in [-0.25, -0.2) is 0 Å². The van der Waals surface area contributed by atoms with E-state index in [0.717, 1.165) is 39.0 Å². The third kappa shape index (κ3) is 2.17. The molecule has 0 aromatic heterocycles. The molecule has 2 aliphatic heterocycles. The van der Waals surface area contributed by atoms with Crippen LogP contribution in [0.2, 0.25) is 0 Å². The molecule has 0 aromatic rings. The molecular formula is C12H24N2O. The summed E-state index contributed by atoms with van der Waals surface area (Å²) in [6.07, 6.45) is 2.15. The van der Waals surface area contributed by atoms with Gasteiger partial charge in [-0.05, 0) is 32.5 Å². The van der Waals surface area contributed by atoms with Crippen molar-refractivity contribution in [1.82, 2.24) is 9.80 Å². The van der Waals surface area contributed by atoms with Crippen molar-refractivity contribution in [3.8, 4) is 0 Å². The van der Waals surface area contributed by atoms with Crippen LogP contribution in [-0.4, -0.2) is 48.9 Å². The predicted molar refractivity (Wildman–Crippen MR) is 62.8 cm³/mol. The van der Waals surface area contributed by atoms with Crippen LogP contribution in [0.5, 0.6) is 0 Å². The zero-order valence-corrected chi connectivity index (χ0v) is 10.5. The Hall–Kier alpha value is -0.570. The molecule has 1 spiro atoms. The van der Waals surface area contributed by atoms with Gasteiger partial charge in [-0.15, -0.1) is 0 Å². The summed E-state index contributed by atoms with van der Waals surface area (Å²) in [5.41, 5.74) is 0.0560. The van der Waals surface area contributed by atoms with Gasteiger partial charge in [-0.1, -0.05) is 20.8 Å². The minimum Gasteiger partial charge on any atom is -0.344 e. The van der Waals surface area contributed by atoms with Crippen molar-refractivity contribution < 1.29 is 4.79 Å². The quantitative estimate of drug-likeness (QED) is 0.616. The maximum Gasteiger partial charge on any atom is 0.230 e. The maximum absolute atomic E-state index is 11.6. The van der Waals surface area contributed by atoms with E-state index in [-0.39, 0.29) is 5.41 Å². The molecule has 3 nitrogen and oxygen atoms in total. The molecule has 0 saturated carbocycles. The van der Waals surface area contributed by atoms with Gasteiger partial charge in [0, 0.05) is 13.6 Å². The van der Waals surface area contributed by atoms with E-state index in [1.54, 1.807) is 0 Å². The average molecular weight is 212 g/mol. The highest BCUT2D eigenvalue weighted by molar-refractivity contribution is 5.88. The van der Waals surface area contributed by atoms with Crippen LogP contribution in [0.1, 0.15) is 33.6 Å². The zero-order valence-electron chi connectivity index (χ0n) is 10.5. The van der Waals surface area contributed by atoms with Crippen LogP contribution in [0.25, 0.3) is 0 Å². The van der Waals surface area contributed by atoms with Gasteiger partial charge in [-0.2, -0.15) is 0 Å². The molecule has 2 saturated heterocycles. The Balaban J connectivity index is 0.000000531. The summed E-state index contributed by atoms with van der Waals surface area (Å²) in [5, 5.41) is 0. The van der Waals surface area contributed by atoms with E-state index >= 15 is 0 Å². The standard InChI is InChI=1S/C10H18N2O.C2H6/c1-3-12-6-4-10(5-7-12)8-11(2)9(10)13;1-2/h3-8H2,1-2H3;1-2H3. The fourth-order valence-corrected chi connectivity index (χ4v) is 2.58. The highest BCUT2D eigenvalue weighted by Gasteiger charge is 2.51. The van der Waals surface area contributed by atoms with Gasteiger partial charge in [0.1, 0.15) is 0 Å². The van der Waals surface area contributed by atoms with Crippen LogP contribution in [-0.2, 0) is 4.79 Å². The van der Waals surface area contributed by atoms with Crippen molar-refractivity contribution in [2.75, 3.05) is 33.2 Å². The Bertz CT molecular complexity index is 220. The van der Waals surface area contributed by atoms with E-state index in [4.69, 9.17) is 0 Å². The first-order valence-corrected chi connectivity index (χ1v) is 6.16. The lowest BCUT2D eigenvalue weighted by molar-refractivity contribution is -0.162. The van der Waals surface area contributed by atoms with E-state index in [2.05, 4.69) is 11.8 Å². The number of nitrogens with zero attached hydrogens (tertiary/aromatic N) is 2. The van der Waals surface area contributed by atoms with Crippen LogP contribution in [0.15, 0.2) is 0 Å². The van der Waals surface area contributed by atoms with Gasteiger partial charge in [0.25, 0.3) is 0 Å². The number of carbonyl (C=O) groups is 1. The number of rotatable bonds is 1. The summed E-state index contributed by atoms with van der Waals surface area (Å²) in [4.78, 5) is 15.9. The minimum atomic E-state index is 0.0560. The first-order valence-electron chi connectivity index (χ1n) is 6.16. The molecule has 0 N–H and O–H groups in total. The molecule has 1 amide bonds. The third-order valence-electron chi connectivity index (χ3n) is 3.60. The van der Waals surface area contributed by atoms with Gasteiger partial charge in [0.05, 0.1) is 5.41 Å². The van der Waals surface area contributed by atoms with E-state index in [9.17, 15) is 4.79 Å². The van der Waals surface area contributed by atoms with Crippen molar-refractivity contribution in [2.24, 2.45) is 5.41 Å². The number of hydrogen-bond acceptors (Lipinski definition) is 2. The largest absolute Gasteiger partial charge is 0.344 e. The molecule has 0 bridgehead atoms. The number of β-lactam (4-membered cyclic amide) rings is 1. The summed E-state index contributed by atoms with van der Waals surface area (Å²) in [6.45, 7) is 10.5. The first-order chi connectivity index (χ1) is 7.18. The molecule has 88 valence electrons. The van der Waals surface area contributed by atoms with Crippen LogP contribution in [0.4, 0.5) is 0 Å². The highest BCUT2D eigenvalue weighted by Crippen LogP contribution is 2.40. The lowest BCUT2D eigenvalue weighted by atomic mass is 9.71. The SMILES string of the molecule is CC.CCN1CCC2(CC1)CN(C)C2=O. The van der Waals surface area contributed by atoms with Crippen LogP contribution < -0.4 is 0 Å². The number of amides is 1. The number of piperidine rings is 1. The van der Waals surface area contributed by atoms with E-state index in [1.807, 2.05) is 25.8 Å². The molecule has 2 aliphatic rings. The molecule has 0 aliphatic carbocycles. The molecule has 0 unspecified atom stereocenters. The second-order valence-electron chi connectivity index (χ2n) is 4.38. The number of carbonyl (C=O) groups excluding carboxylic acids is 1. The highest BCUT2D eigenvalue weighted by atomic mass is 16.2. The fourth-order valence-electron chi connectivity index (χ4n) is 2.58. The Kier molecular flexibility index (Phi) is 4.14. The molecule has 0 aromatic carbocycles. The van der Waals surface area contributed by atoms with E-state index in [0.29, 0.717) is 5.91 Å². The molecular weight excluding hydrogens is 188 g/mol. The number of hydrogen-bond donors (Lipinski definition) is 0. The van der Waals surface area contributed by atoms with Crippen LogP contribution in [0, 0.1) is 5.41 Å². The Morgan fingerprint density at radius 2 is 1.80 bits per heavy atom. The lowest BCUT2D eigenvalue weighted by Gasteiger charge is -2.51. The second kappa shape index (κ2) is 4.97. The Morgan fingerprint density at radius 1 is 1.27 bits per heavy atom. The summed E-state index contributed by atoms with van der Waals surface area (Å²) < 4.78 is 0. The van der Waals surface area contributed by atoms with Crippen LogP contribution in [0.3, 0.4) is 0 Å². The van der Waals surface area contributed by atoms with Crippen molar-refractivity contribution in [2.45, 2.75) is 33.6 Å². The fraction of sp³-hybridized carbons (Fsp3) is 0.917. The normalized spacial score (nSPS) is 24.5. The van der Waals surface area contributed by atoms with Gasteiger partial charge in [-0.3, -0.25) is 4.79 Å². The summed E-state index contributed by atoms with van der Waals surface area (Å²) in [6, 6.07) is 0. The molecule has 0 atom stereocenters. The van der Waals surface area contributed by atoms with Gasteiger partial charge in [0.15, 0.2) is 0 Å². The van der Waals surface area contributed by atoms with E-state index < -0.39 is 0 Å². The predicted octanol–water partition coefficient (Wildman–Crippen LogP) is 1.59. The summed E-state index contributed by atoms with van der Waals surface area (Å²) >= 11 is 0. The topological polar surface area (TPSA) is 23.6 Å². The van der Waals surface area contributed by atoms with Crippen molar-refractivity contribution >= 4 is 5.91 Å². The lowest BCUT2D eigenvalue weighted by Crippen LogP contribution is -2.63. The zero-order chi connectivity index (χ0) is 11.5. The smallest absolute Gasteiger partial charge is 0.230 e. The van der Waals surface area contributed by atoms with Gasteiger partial charge >= 0.3 is 0 Å². The number of likely N-dealkylation sites (tertiary alicyclic amines) is 2. The van der Waals surface area contributed by atoms with Gasteiger partial charge in [0.2, 0.25) is 5.91 Å². The average Bonchev–Trinajstić information content (AvgIpc) is 2.32. The molecule has 3 heteroatoms.